The van der Waals surface area contributed by atoms with E-state index in [9.17, 15) is 4.79 Å². The van der Waals surface area contributed by atoms with Crippen LogP contribution in [0.3, 0.4) is 0 Å². The van der Waals surface area contributed by atoms with Crippen molar-refractivity contribution in [3.63, 3.8) is 0 Å². The second-order valence-electron chi connectivity index (χ2n) is 5.02. The topological polar surface area (TPSA) is 86.7 Å². The van der Waals surface area contributed by atoms with E-state index in [2.05, 4.69) is 31.0 Å². The van der Waals surface area contributed by atoms with Gasteiger partial charge in [-0.25, -0.2) is 9.97 Å². The number of carbonyl (C=O) groups excluding carboxylic acids is 1. The van der Waals surface area contributed by atoms with Gasteiger partial charge in [0.05, 0.1) is 33.3 Å². The van der Waals surface area contributed by atoms with E-state index >= 15 is 0 Å². The van der Waals surface area contributed by atoms with Gasteiger partial charge in [0.2, 0.25) is 5.95 Å². The van der Waals surface area contributed by atoms with Gasteiger partial charge in [-0.2, -0.15) is 5.10 Å². The molecule has 2 heterocycles. The number of hydrogen-bond donors (Lipinski definition) is 1. The van der Waals surface area contributed by atoms with Gasteiger partial charge in [0, 0.05) is 19.4 Å². The zero-order valence-corrected chi connectivity index (χ0v) is 12.8. The number of aromatic nitrogens is 4. The molecule has 2 N–H and O–H groups in total. The lowest BCUT2D eigenvalue weighted by Crippen LogP contribution is -2.24. The molecule has 6 nitrogen and oxygen atoms in total. The number of carbonyl (C=O) groups is 1. The molecule has 0 bridgehead atoms. The van der Waals surface area contributed by atoms with E-state index in [0.717, 1.165) is 15.9 Å². The van der Waals surface area contributed by atoms with Crippen molar-refractivity contribution in [2.45, 2.75) is 25.7 Å². The zero-order chi connectivity index (χ0) is 14.4. The summed E-state index contributed by atoms with van der Waals surface area (Å²) in [5.74, 6) is 0.353. The zero-order valence-electron chi connectivity index (χ0n) is 11.2. The first-order valence-electron chi connectivity index (χ1n) is 6.31. The third-order valence-electron chi connectivity index (χ3n) is 3.66. The summed E-state index contributed by atoms with van der Waals surface area (Å²) in [6, 6.07) is 0. The lowest BCUT2D eigenvalue weighted by atomic mass is 9.83. The Hall–Kier alpha value is -1.76. The number of hydrogen-bond acceptors (Lipinski definition) is 5. The number of halogens is 1. The number of rotatable bonds is 1. The van der Waals surface area contributed by atoms with Gasteiger partial charge in [-0.1, -0.05) is 0 Å². The molecule has 1 atom stereocenters. The molecule has 3 rings (SSSR count). The maximum Gasteiger partial charge on any atom is 0.220 e. The summed E-state index contributed by atoms with van der Waals surface area (Å²) in [4.78, 5) is 20.7. The fourth-order valence-electron chi connectivity index (χ4n) is 2.87. The molecular formula is C13H14BrN5O. The van der Waals surface area contributed by atoms with Crippen molar-refractivity contribution < 1.29 is 4.79 Å². The average Bonchev–Trinajstić information content (AvgIpc) is 2.67. The Labute approximate surface area is 124 Å². The second kappa shape index (κ2) is 4.66. The molecule has 0 saturated carbocycles. The minimum atomic E-state index is 0.0607. The van der Waals surface area contributed by atoms with Crippen LogP contribution in [0.4, 0.5) is 5.95 Å². The van der Waals surface area contributed by atoms with Crippen LogP contribution in [0.5, 0.6) is 0 Å². The summed E-state index contributed by atoms with van der Waals surface area (Å²) < 4.78 is 2.71. The number of nitrogens with two attached hydrogens (primary N) is 1. The number of fused-ring (bicyclic) bond motifs is 1. The van der Waals surface area contributed by atoms with E-state index in [-0.39, 0.29) is 17.6 Å². The van der Waals surface area contributed by atoms with Gasteiger partial charge in [0.15, 0.2) is 5.78 Å². The highest BCUT2D eigenvalue weighted by Gasteiger charge is 2.32. The van der Waals surface area contributed by atoms with Crippen LogP contribution in [0.1, 0.15) is 39.8 Å². The smallest absolute Gasteiger partial charge is 0.220 e. The van der Waals surface area contributed by atoms with Crippen LogP contribution in [0.15, 0.2) is 10.7 Å². The van der Waals surface area contributed by atoms with Gasteiger partial charge in [-0.15, -0.1) is 0 Å². The fourth-order valence-corrected chi connectivity index (χ4v) is 3.54. The predicted molar refractivity (Wildman–Crippen MR) is 77.5 cm³/mol. The maximum atomic E-state index is 12.4. The van der Waals surface area contributed by atoms with Crippen molar-refractivity contribution in [3.05, 3.63) is 33.3 Å². The van der Waals surface area contributed by atoms with Crippen molar-refractivity contribution in [1.82, 2.24) is 19.7 Å². The maximum absolute atomic E-state index is 12.4. The van der Waals surface area contributed by atoms with Crippen LogP contribution in [-0.4, -0.2) is 25.5 Å². The number of aryl methyl sites for hydroxylation is 2. The van der Waals surface area contributed by atoms with Crippen molar-refractivity contribution in [2.75, 3.05) is 5.73 Å². The minimum Gasteiger partial charge on any atom is -0.368 e. The largest absolute Gasteiger partial charge is 0.368 e. The number of Topliss-reactive ketones (excluding diaryl/α,β-unsaturated/α-hetero) is 1. The summed E-state index contributed by atoms with van der Waals surface area (Å²) in [6.07, 6.45) is 2.86. The Morgan fingerprint density at radius 2 is 2.15 bits per heavy atom. The van der Waals surface area contributed by atoms with Crippen LogP contribution < -0.4 is 5.73 Å². The first-order chi connectivity index (χ1) is 9.47. The quantitative estimate of drug-likeness (QED) is 0.858. The van der Waals surface area contributed by atoms with Gasteiger partial charge in [-0.3, -0.25) is 9.48 Å². The van der Waals surface area contributed by atoms with Gasteiger partial charge in [0.25, 0.3) is 0 Å². The summed E-state index contributed by atoms with van der Waals surface area (Å²) in [5.41, 5.74) is 8.74. The first kappa shape index (κ1) is 13.2. The standard InChI is InChI=1S/C13H14BrN5O/c1-6-11-9(18-13(15)17-6)3-7(4-10(11)20)12-8(14)5-16-19(12)2/h5,7H,3-4H2,1-2H3,(H2,15,17,18). The summed E-state index contributed by atoms with van der Waals surface area (Å²) in [6.45, 7) is 1.80. The molecule has 0 aliphatic heterocycles. The molecule has 0 amide bonds. The van der Waals surface area contributed by atoms with E-state index in [4.69, 9.17) is 5.73 Å². The average molecular weight is 336 g/mol. The molecule has 1 aliphatic rings. The lowest BCUT2D eigenvalue weighted by Gasteiger charge is -2.24. The van der Waals surface area contributed by atoms with E-state index in [1.54, 1.807) is 17.8 Å². The summed E-state index contributed by atoms with van der Waals surface area (Å²) in [7, 11) is 1.87. The van der Waals surface area contributed by atoms with Crippen LogP contribution in [0.2, 0.25) is 0 Å². The van der Waals surface area contributed by atoms with E-state index in [0.29, 0.717) is 24.1 Å². The monoisotopic (exact) mass is 335 g/mol. The number of nitrogens with zero attached hydrogens (tertiary/aromatic N) is 4. The molecule has 20 heavy (non-hydrogen) atoms. The number of ketones is 1. The number of anilines is 1. The third-order valence-corrected chi connectivity index (χ3v) is 4.27. The highest BCUT2D eigenvalue weighted by molar-refractivity contribution is 9.10. The molecule has 0 spiro atoms. The van der Waals surface area contributed by atoms with Crippen LogP contribution >= 0.6 is 15.9 Å². The summed E-state index contributed by atoms with van der Waals surface area (Å²) in [5, 5.41) is 4.21. The molecule has 1 unspecified atom stereocenters. The van der Waals surface area contributed by atoms with Crippen molar-refractivity contribution in [2.24, 2.45) is 7.05 Å². The highest BCUT2D eigenvalue weighted by atomic mass is 79.9. The van der Waals surface area contributed by atoms with Crippen LogP contribution in [0, 0.1) is 6.92 Å². The lowest BCUT2D eigenvalue weighted by molar-refractivity contribution is 0.0960. The Balaban J connectivity index is 2.07. The molecule has 2 aromatic heterocycles. The fraction of sp³-hybridized carbons (Fsp3) is 0.385. The van der Waals surface area contributed by atoms with E-state index < -0.39 is 0 Å². The van der Waals surface area contributed by atoms with E-state index in [1.165, 1.54) is 0 Å². The van der Waals surface area contributed by atoms with Crippen molar-refractivity contribution >= 4 is 27.7 Å². The Morgan fingerprint density at radius 1 is 1.40 bits per heavy atom. The Kier molecular flexibility index (Phi) is 3.08. The minimum absolute atomic E-state index is 0.0607. The Morgan fingerprint density at radius 3 is 2.80 bits per heavy atom. The van der Waals surface area contributed by atoms with Gasteiger partial charge in [0.1, 0.15) is 0 Å². The van der Waals surface area contributed by atoms with Crippen LogP contribution in [-0.2, 0) is 13.5 Å². The Bertz CT molecular complexity index is 690. The first-order valence-corrected chi connectivity index (χ1v) is 7.10. The molecule has 0 aromatic carbocycles. The molecule has 0 saturated heterocycles. The van der Waals surface area contributed by atoms with Gasteiger partial charge < -0.3 is 5.73 Å². The molecule has 1 aliphatic carbocycles. The van der Waals surface area contributed by atoms with Crippen LogP contribution in [0.25, 0.3) is 0 Å². The van der Waals surface area contributed by atoms with E-state index in [1.807, 2.05) is 7.05 Å². The molecule has 0 fully saturated rings. The number of nitrogen functional groups attached to an aromatic ring is 1. The molecular weight excluding hydrogens is 322 g/mol. The highest BCUT2D eigenvalue weighted by Crippen LogP contribution is 2.35. The molecule has 0 radical (unpaired) electrons. The van der Waals surface area contributed by atoms with Crippen molar-refractivity contribution in [3.8, 4) is 0 Å². The third kappa shape index (κ3) is 2.02. The summed E-state index contributed by atoms with van der Waals surface area (Å²) >= 11 is 3.49. The van der Waals surface area contributed by atoms with Crippen molar-refractivity contribution in [1.29, 1.82) is 0 Å². The molecule has 104 valence electrons. The SMILES string of the molecule is Cc1nc(N)nc2c1C(=O)CC(c1c(Br)cnn1C)C2. The molecule has 2 aromatic rings. The second-order valence-corrected chi connectivity index (χ2v) is 5.87. The molecule has 7 heteroatoms. The predicted octanol–water partition coefficient (Wildman–Crippen LogP) is 1.78. The van der Waals surface area contributed by atoms with Gasteiger partial charge in [-0.05, 0) is 29.3 Å². The normalized spacial score (nSPS) is 18.1. The van der Waals surface area contributed by atoms with Gasteiger partial charge >= 0.3 is 0 Å².